The summed E-state index contributed by atoms with van der Waals surface area (Å²) in [7, 11) is 1.49. The van der Waals surface area contributed by atoms with E-state index in [1.807, 2.05) is 13.8 Å². The van der Waals surface area contributed by atoms with E-state index in [9.17, 15) is 42.3 Å². The van der Waals surface area contributed by atoms with Crippen molar-refractivity contribution < 1.29 is 51.8 Å². The van der Waals surface area contributed by atoms with Gasteiger partial charge in [-0.2, -0.15) is 0 Å². The predicted octanol–water partition coefficient (Wildman–Crippen LogP) is 2.10. The van der Waals surface area contributed by atoms with E-state index in [0.717, 1.165) is 17.7 Å². The van der Waals surface area contributed by atoms with Gasteiger partial charge >= 0.3 is 5.97 Å². The summed E-state index contributed by atoms with van der Waals surface area (Å²) in [6.45, 7) is 7.22. The molecule has 0 saturated carbocycles. The fourth-order valence-electron chi connectivity index (χ4n) is 8.80. The Morgan fingerprint density at radius 2 is 1.53 bits per heavy atom. The van der Waals surface area contributed by atoms with Crippen molar-refractivity contribution in [3.05, 3.63) is 64.7 Å². The molecule has 0 radical (unpaired) electrons. The number of nitrogens with zero attached hydrogens (tertiary/aromatic N) is 3. The number of carbonyl (C=O) groups excluding carboxylic acids is 7. The van der Waals surface area contributed by atoms with Crippen LogP contribution in [0.4, 0.5) is 8.78 Å². The lowest BCUT2D eigenvalue weighted by atomic mass is 9.99. The van der Waals surface area contributed by atoms with Gasteiger partial charge in [0.2, 0.25) is 35.4 Å². The summed E-state index contributed by atoms with van der Waals surface area (Å²) in [4.78, 5) is 103. The van der Waals surface area contributed by atoms with E-state index < -0.39 is 102 Å². The Labute approximate surface area is 347 Å². The van der Waals surface area contributed by atoms with Crippen LogP contribution in [0.25, 0.3) is 0 Å². The van der Waals surface area contributed by atoms with Crippen LogP contribution in [-0.2, 0) is 51.1 Å². The van der Waals surface area contributed by atoms with Gasteiger partial charge in [-0.25, -0.2) is 13.6 Å². The number of carbonyl (C=O) groups is 7. The van der Waals surface area contributed by atoms with Crippen LogP contribution in [0, 0.1) is 24.5 Å². The second kappa shape index (κ2) is 18.8. The largest absolute Gasteiger partial charge is 0.496 e. The van der Waals surface area contributed by atoms with Crippen LogP contribution in [0.5, 0.6) is 5.75 Å². The maximum atomic E-state index is 14.7. The van der Waals surface area contributed by atoms with Gasteiger partial charge in [-0.1, -0.05) is 19.1 Å². The molecule has 3 N–H and O–H groups in total. The SMILES string of the molecule is COc1cc(CC(=O)N[C@@H](Cc2cc(F)cc(F)c2)C(=O)N[C@@H]2C(=O)N3CCC[C@H]3C(=O)N3CCCC[C@H]3C(=O)N[C@@H](C)C(=O)N3C[C@H](C)C[C@H]3C(=O)O[C@H]2C)ccc1C. The molecular formula is C43H54F2N6O9. The summed E-state index contributed by atoms with van der Waals surface area (Å²) in [5, 5.41) is 8.08. The minimum Gasteiger partial charge on any atom is -0.496 e. The Hall–Kier alpha value is -5.61. The zero-order chi connectivity index (χ0) is 43.4. The summed E-state index contributed by atoms with van der Waals surface area (Å²) < 4.78 is 40.1. The van der Waals surface area contributed by atoms with Crippen LogP contribution in [0.2, 0.25) is 0 Å². The lowest BCUT2D eigenvalue weighted by Crippen LogP contribution is -2.63. The second-order valence-corrected chi connectivity index (χ2v) is 16.5. The van der Waals surface area contributed by atoms with Crippen molar-refractivity contribution in [1.29, 1.82) is 0 Å². The van der Waals surface area contributed by atoms with Gasteiger partial charge in [0.05, 0.1) is 13.5 Å². The Morgan fingerprint density at radius 3 is 2.25 bits per heavy atom. The smallest absolute Gasteiger partial charge is 0.329 e. The molecule has 8 atom stereocenters. The maximum Gasteiger partial charge on any atom is 0.329 e. The molecule has 6 rings (SSSR count). The van der Waals surface area contributed by atoms with E-state index >= 15 is 0 Å². The number of hydrogen-bond donors (Lipinski definition) is 3. The highest BCUT2D eigenvalue weighted by Gasteiger charge is 2.47. The van der Waals surface area contributed by atoms with E-state index in [1.54, 1.807) is 18.2 Å². The van der Waals surface area contributed by atoms with Crippen molar-refractivity contribution in [3.63, 3.8) is 0 Å². The number of rotatable bonds is 8. The van der Waals surface area contributed by atoms with Gasteiger partial charge < -0.3 is 40.1 Å². The number of piperidine rings is 1. The molecule has 4 fully saturated rings. The lowest BCUT2D eigenvalue weighted by molar-refractivity contribution is -0.163. The quantitative estimate of drug-likeness (QED) is 0.336. The number of halogens is 2. The van der Waals surface area contributed by atoms with E-state index in [0.29, 0.717) is 43.1 Å². The van der Waals surface area contributed by atoms with Gasteiger partial charge in [-0.3, -0.25) is 28.8 Å². The van der Waals surface area contributed by atoms with Gasteiger partial charge in [0.1, 0.15) is 59.7 Å². The van der Waals surface area contributed by atoms with Gasteiger partial charge in [0.15, 0.2) is 0 Å². The van der Waals surface area contributed by atoms with Crippen LogP contribution in [-0.4, -0.2) is 125 Å². The van der Waals surface area contributed by atoms with Crippen LogP contribution >= 0.6 is 0 Å². The molecule has 17 heteroatoms. The number of cyclic esters (lactones) is 1. The first kappa shape index (κ1) is 44.0. The first-order chi connectivity index (χ1) is 28.5. The fraction of sp³-hybridized carbons (Fsp3) is 0.558. The molecule has 2 aromatic rings. The predicted molar refractivity (Wildman–Crippen MR) is 212 cm³/mol. The van der Waals surface area contributed by atoms with Gasteiger partial charge in [0.25, 0.3) is 0 Å². The number of methoxy groups -OCH3 is 1. The van der Waals surface area contributed by atoms with E-state index in [1.165, 1.54) is 35.7 Å². The topological polar surface area (TPSA) is 184 Å². The molecule has 4 heterocycles. The first-order valence-corrected chi connectivity index (χ1v) is 20.6. The highest BCUT2D eigenvalue weighted by Crippen LogP contribution is 2.29. The number of nitrogens with one attached hydrogen (secondary N) is 3. The van der Waals surface area contributed by atoms with E-state index in [-0.39, 0.29) is 50.4 Å². The average molecular weight is 837 g/mol. The molecule has 4 aliphatic heterocycles. The van der Waals surface area contributed by atoms with Gasteiger partial charge in [-0.05, 0) is 100 Å². The first-order valence-electron chi connectivity index (χ1n) is 20.6. The van der Waals surface area contributed by atoms with Gasteiger partial charge in [0, 0.05) is 32.1 Å². The monoisotopic (exact) mass is 836 g/mol. The van der Waals surface area contributed by atoms with Crippen molar-refractivity contribution in [2.45, 2.75) is 121 Å². The highest BCUT2D eigenvalue weighted by atomic mass is 19.1. The molecule has 0 unspecified atom stereocenters. The number of benzene rings is 2. The number of hydrogen-bond acceptors (Lipinski definition) is 9. The van der Waals surface area contributed by atoms with Crippen LogP contribution < -0.4 is 20.7 Å². The van der Waals surface area contributed by atoms with Crippen molar-refractivity contribution in [2.75, 3.05) is 26.7 Å². The zero-order valence-electron chi connectivity index (χ0n) is 34.6. The standard InChI is InChI=1S/C43H54F2N6O9/c1-23-15-34-43(58)60-26(4)37(42(57)50-14-8-10-33(50)41(56)49-13-7-6-9-32(49)39(54)46-25(3)40(55)51(34)22-23)48-38(53)31(18-28-16-29(44)21-30(45)17-28)47-36(52)20-27-12-11-24(2)35(19-27)59-5/h11-12,16-17,19,21,23,25-26,31-34,37H,6-10,13-15,18,20,22H2,1-5H3,(H,46,54)(H,47,52)(H,48,53)/t23-,25+,26+,31+,32+,33+,34+,37+/m1/s1. The number of esters is 1. The summed E-state index contributed by atoms with van der Waals surface area (Å²) in [5.74, 6) is -6.00. The summed E-state index contributed by atoms with van der Waals surface area (Å²) in [6, 6.07) is 0.781. The van der Waals surface area contributed by atoms with Crippen LogP contribution in [0.1, 0.15) is 76.0 Å². The molecule has 0 aliphatic carbocycles. The molecule has 4 aliphatic rings. The third kappa shape index (κ3) is 9.87. The highest BCUT2D eigenvalue weighted by molar-refractivity contribution is 5.98. The molecule has 15 nitrogen and oxygen atoms in total. The lowest BCUT2D eigenvalue weighted by Gasteiger charge is -2.39. The second-order valence-electron chi connectivity index (χ2n) is 16.5. The normalized spacial score (nSPS) is 27.0. The van der Waals surface area contributed by atoms with E-state index in [2.05, 4.69) is 16.0 Å². The minimum absolute atomic E-state index is 0.0356. The molecule has 0 aromatic heterocycles. The van der Waals surface area contributed by atoms with Crippen molar-refractivity contribution in [1.82, 2.24) is 30.7 Å². The third-order valence-corrected chi connectivity index (χ3v) is 11.9. The molecule has 2 aromatic carbocycles. The average Bonchev–Trinajstić information content (AvgIpc) is 3.86. The molecule has 0 bridgehead atoms. The molecular weight excluding hydrogens is 783 g/mol. The summed E-state index contributed by atoms with van der Waals surface area (Å²) in [6.07, 6.45) is 0.624. The Bertz CT molecular complexity index is 2000. The van der Waals surface area contributed by atoms with E-state index in [4.69, 9.17) is 9.47 Å². The molecule has 324 valence electrons. The Morgan fingerprint density at radius 1 is 0.850 bits per heavy atom. The van der Waals surface area contributed by atoms with Crippen LogP contribution in [0.3, 0.4) is 0 Å². The number of ether oxygens (including phenoxy) is 2. The molecule has 0 spiro atoms. The number of fused-ring (bicyclic) bond motifs is 3. The Kier molecular flexibility index (Phi) is 13.7. The number of aryl methyl sites for hydroxylation is 1. The summed E-state index contributed by atoms with van der Waals surface area (Å²) in [5.41, 5.74) is 1.43. The van der Waals surface area contributed by atoms with Crippen molar-refractivity contribution in [2.24, 2.45) is 5.92 Å². The number of amides is 6. The molecule has 6 amide bonds. The maximum absolute atomic E-state index is 14.7. The molecule has 4 saturated heterocycles. The zero-order valence-corrected chi connectivity index (χ0v) is 34.6. The summed E-state index contributed by atoms with van der Waals surface area (Å²) >= 11 is 0. The Balaban J connectivity index is 1.34. The van der Waals surface area contributed by atoms with Gasteiger partial charge in [-0.15, -0.1) is 0 Å². The molecule has 60 heavy (non-hydrogen) atoms. The fourth-order valence-corrected chi connectivity index (χ4v) is 8.80. The van der Waals surface area contributed by atoms with Crippen LogP contribution in [0.15, 0.2) is 36.4 Å². The minimum atomic E-state index is -1.62. The third-order valence-electron chi connectivity index (χ3n) is 11.9. The van der Waals surface area contributed by atoms with Crippen molar-refractivity contribution >= 4 is 41.4 Å². The van der Waals surface area contributed by atoms with Crippen molar-refractivity contribution in [3.8, 4) is 5.75 Å².